The average Bonchev–Trinajstić information content (AvgIpc) is 2.99. The van der Waals surface area contributed by atoms with Gasteiger partial charge in [0.1, 0.15) is 6.33 Å². The van der Waals surface area contributed by atoms with Crippen LogP contribution in [0.1, 0.15) is 40.0 Å². The van der Waals surface area contributed by atoms with Crippen LogP contribution in [0.3, 0.4) is 0 Å². The summed E-state index contributed by atoms with van der Waals surface area (Å²) < 4.78 is 7.51. The Morgan fingerprint density at radius 1 is 1.24 bits per heavy atom. The summed E-state index contributed by atoms with van der Waals surface area (Å²) >= 11 is 0. The molecule has 0 aliphatic rings. The molecule has 1 atom stereocenters. The van der Waals surface area contributed by atoms with E-state index in [1.54, 1.807) is 23.3 Å². The number of hydrogen-bond donors (Lipinski definition) is 1. The molecule has 2 heterocycles. The molecule has 0 amide bonds. The first-order valence-corrected chi connectivity index (χ1v) is 7.37. The van der Waals surface area contributed by atoms with Crippen molar-refractivity contribution in [3.8, 4) is 12.0 Å². The minimum Gasteiger partial charge on any atom is -0.460 e. The highest BCUT2D eigenvalue weighted by Crippen LogP contribution is 2.13. The summed E-state index contributed by atoms with van der Waals surface area (Å²) in [6.45, 7) is 7.03. The summed E-state index contributed by atoms with van der Waals surface area (Å²) in [5, 5.41) is 3.17. The van der Waals surface area contributed by atoms with Crippen molar-refractivity contribution in [1.29, 1.82) is 0 Å². The number of imidazole rings is 1. The number of anilines is 1. The van der Waals surface area contributed by atoms with Gasteiger partial charge in [0, 0.05) is 18.9 Å². The summed E-state index contributed by atoms with van der Waals surface area (Å²) in [5.74, 6) is 1.02. The average molecular weight is 290 g/mol. The predicted octanol–water partition coefficient (Wildman–Crippen LogP) is 2.45. The van der Waals surface area contributed by atoms with Crippen LogP contribution in [0.25, 0.3) is 5.95 Å². The molecule has 0 bridgehead atoms. The maximum Gasteiger partial charge on any atom is 0.323 e. The largest absolute Gasteiger partial charge is 0.460 e. The summed E-state index contributed by atoms with van der Waals surface area (Å²) in [4.78, 5) is 17.0. The van der Waals surface area contributed by atoms with Crippen LogP contribution in [0, 0.1) is 0 Å². The van der Waals surface area contributed by atoms with Gasteiger partial charge in [0.15, 0.2) is 0 Å². The van der Waals surface area contributed by atoms with Crippen LogP contribution in [0.5, 0.6) is 6.01 Å². The van der Waals surface area contributed by atoms with Gasteiger partial charge in [-0.05, 0) is 19.8 Å². The summed E-state index contributed by atoms with van der Waals surface area (Å²) in [6, 6.07) is 0.341. The number of aromatic nitrogens is 5. The van der Waals surface area contributed by atoms with E-state index in [4.69, 9.17) is 4.74 Å². The zero-order valence-corrected chi connectivity index (χ0v) is 12.8. The van der Waals surface area contributed by atoms with E-state index >= 15 is 0 Å². The van der Waals surface area contributed by atoms with Crippen LogP contribution in [0.2, 0.25) is 0 Å². The van der Waals surface area contributed by atoms with Gasteiger partial charge in [-0.3, -0.25) is 4.57 Å². The molecule has 2 aromatic rings. The summed E-state index contributed by atoms with van der Waals surface area (Å²) in [5.41, 5.74) is 0. The zero-order valence-electron chi connectivity index (χ0n) is 12.8. The predicted molar refractivity (Wildman–Crippen MR) is 80.7 cm³/mol. The van der Waals surface area contributed by atoms with E-state index in [9.17, 15) is 0 Å². The highest BCUT2D eigenvalue weighted by atomic mass is 16.5. The highest BCUT2D eigenvalue weighted by molar-refractivity contribution is 5.30. The standard InChI is InChI=1S/C14H22N6O/c1-4-6-11(3)21-14-18-12(16-7-5-2)17-13(19-14)20-9-8-15-10-20/h8-11H,4-7H2,1-3H3,(H,16,17,18,19). The molecule has 0 aromatic carbocycles. The van der Waals surface area contributed by atoms with Gasteiger partial charge in [-0.15, -0.1) is 0 Å². The Hall–Kier alpha value is -2.18. The SMILES string of the molecule is CCCNc1nc(OC(C)CCC)nc(-n2ccnc2)n1. The van der Waals surface area contributed by atoms with Gasteiger partial charge in [0.05, 0.1) is 6.10 Å². The first-order chi connectivity index (χ1) is 10.2. The van der Waals surface area contributed by atoms with E-state index in [-0.39, 0.29) is 6.10 Å². The van der Waals surface area contributed by atoms with Crippen molar-refractivity contribution in [2.75, 3.05) is 11.9 Å². The van der Waals surface area contributed by atoms with E-state index in [1.165, 1.54) is 0 Å². The van der Waals surface area contributed by atoms with E-state index in [2.05, 4.69) is 39.1 Å². The van der Waals surface area contributed by atoms with Crippen LogP contribution in [0.15, 0.2) is 18.7 Å². The van der Waals surface area contributed by atoms with E-state index in [0.29, 0.717) is 17.9 Å². The molecule has 0 aliphatic carbocycles. The quantitative estimate of drug-likeness (QED) is 0.804. The van der Waals surface area contributed by atoms with Crippen molar-refractivity contribution < 1.29 is 4.74 Å². The third-order valence-electron chi connectivity index (χ3n) is 2.87. The fraction of sp³-hybridized carbons (Fsp3) is 0.571. The molecule has 0 radical (unpaired) electrons. The van der Waals surface area contributed by atoms with Crippen molar-refractivity contribution in [2.24, 2.45) is 0 Å². The molecule has 0 spiro atoms. The Morgan fingerprint density at radius 2 is 2.10 bits per heavy atom. The van der Waals surface area contributed by atoms with Gasteiger partial charge < -0.3 is 10.1 Å². The van der Waals surface area contributed by atoms with Gasteiger partial charge in [0.25, 0.3) is 0 Å². The molecule has 2 aromatic heterocycles. The van der Waals surface area contributed by atoms with Gasteiger partial charge in [-0.25, -0.2) is 4.98 Å². The van der Waals surface area contributed by atoms with Crippen molar-refractivity contribution in [3.63, 3.8) is 0 Å². The third-order valence-corrected chi connectivity index (χ3v) is 2.87. The molecule has 1 unspecified atom stereocenters. The molecule has 7 nitrogen and oxygen atoms in total. The Balaban J connectivity index is 2.24. The summed E-state index contributed by atoms with van der Waals surface area (Å²) in [6.07, 6.45) is 8.21. The number of nitrogens with one attached hydrogen (secondary N) is 1. The first kappa shape index (κ1) is 15.2. The topological polar surface area (TPSA) is 77.8 Å². The number of ether oxygens (including phenoxy) is 1. The molecule has 1 N–H and O–H groups in total. The van der Waals surface area contributed by atoms with Crippen molar-refractivity contribution >= 4 is 5.95 Å². The van der Waals surface area contributed by atoms with Gasteiger partial charge in [-0.1, -0.05) is 20.3 Å². The van der Waals surface area contributed by atoms with Crippen molar-refractivity contribution in [3.05, 3.63) is 18.7 Å². The Labute approximate surface area is 124 Å². The fourth-order valence-electron chi connectivity index (χ4n) is 1.85. The second-order valence-electron chi connectivity index (χ2n) is 4.86. The van der Waals surface area contributed by atoms with E-state index < -0.39 is 0 Å². The number of rotatable bonds is 8. The molecule has 0 fully saturated rings. The molecule has 114 valence electrons. The maximum atomic E-state index is 5.78. The maximum absolute atomic E-state index is 5.78. The normalized spacial score (nSPS) is 12.1. The Morgan fingerprint density at radius 3 is 2.76 bits per heavy atom. The van der Waals surface area contributed by atoms with Gasteiger partial charge in [-0.2, -0.15) is 15.0 Å². The lowest BCUT2D eigenvalue weighted by molar-refractivity contribution is 0.192. The molecule has 2 rings (SSSR count). The molecular formula is C14H22N6O. The lowest BCUT2D eigenvalue weighted by Crippen LogP contribution is -2.16. The first-order valence-electron chi connectivity index (χ1n) is 7.37. The molecule has 21 heavy (non-hydrogen) atoms. The van der Waals surface area contributed by atoms with Crippen LogP contribution in [-0.4, -0.2) is 37.2 Å². The van der Waals surface area contributed by atoms with Crippen LogP contribution in [-0.2, 0) is 0 Å². The summed E-state index contributed by atoms with van der Waals surface area (Å²) in [7, 11) is 0. The lowest BCUT2D eigenvalue weighted by atomic mass is 10.2. The Kier molecular flexibility index (Phi) is 5.48. The molecule has 7 heteroatoms. The van der Waals surface area contributed by atoms with Crippen LogP contribution >= 0.6 is 0 Å². The second-order valence-corrected chi connectivity index (χ2v) is 4.86. The lowest BCUT2D eigenvalue weighted by Gasteiger charge is -2.13. The number of hydrogen-bond acceptors (Lipinski definition) is 6. The minimum absolute atomic E-state index is 0.0760. The van der Waals surface area contributed by atoms with Crippen molar-refractivity contribution in [1.82, 2.24) is 24.5 Å². The minimum atomic E-state index is 0.0760. The van der Waals surface area contributed by atoms with E-state index in [0.717, 1.165) is 25.8 Å². The third kappa shape index (κ3) is 4.40. The van der Waals surface area contributed by atoms with E-state index in [1.807, 2.05) is 6.92 Å². The smallest absolute Gasteiger partial charge is 0.323 e. The molecular weight excluding hydrogens is 268 g/mol. The van der Waals surface area contributed by atoms with Gasteiger partial charge in [0.2, 0.25) is 11.9 Å². The second kappa shape index (κ2) is 7.56. The zero-order chi connectivity index (χ0) is 15.1. The Bertz CT molecular complexity index is 542. The van der Waals surface area contributed by atoms with Crippen molar-refractivity contribution in [2.45, 2.75) is 46.1 Å². The highest BCUT2D eigenvalue weighted by Gasteiger charge is 2.11. The molecule has 0 aliphatic heterocycles. The fourth-order valence-corrected chi connectivity index (χ4v) is 1.85. The molecule has 0 saturated heterocycles. The monoisotopic (exact) mass is 290 g/mol. The molecule has 0 saturated carbocycles. The number of nitrogens with zero attached hydrogens (tertiary/aromatic N) is 5. The van der Waals surface area contributed by atoms with Gasteiger partial charge >= 0.3 is 6.01 Å². The van der Waals surface area contributed by atoms with Crippen LogP contribution < -0.4 is 10.1 Å². The van der Waals surface area contributed by atoms with Crippen LogP contribution in [0.4, 0.5) is 5.95 Å².